The molecule has 2 aliphatic rings. The van der Waals surface area contributed by atoms with Crippen molar-refractivity contribution in [3.63, 3.8) is 0 Å². The molecule has 1 fully saturated rings. The predicted molar refractivity (Wildman–Crippen MR) is 94.4 cm³/mol. The lowest BCUT2D eigenvalue weighted by molar-refractivity contribution is 0.252. The van der Waals surface area contributed by atoms with Crippen molar-refractivity contribution in [1.82, 2.24) is 14.7 Å². The van der Waals surface area contributed by atoms with Crippen molar-refractivity contribution in [2.45, 2.75) is 38.0 Å². The van der Waals surface area contributed by atoms with Crippen LogP contribution >= 0.6 is 0 Å². The van der Waals surface area contributed by atoms with Crippen molar-refractivity contribution in [1.29, 1.82) is 0 Å². The zero-order valence-electron chi connectivity index (χ0n) is 14.3. The Morgan fingerprint density at radius 3 is 2.75 bits per heavy atom. The number of hydrogen-bond donors (Lipinski definition) is 1. The Labute approximate surface area is 142 Å². The maximum Gasteiger partial charge on any atom is 0.148 e. The molecule has 1 N–H and O–H groups in total. The summed E-state index contributed by atoms with van der Waals surface area (Å²) in [5, 5.41) is 8.42. The predicted octanol–water partition coefficient (Wildman–Crippen LogP) is 3.57. The van der Waals surface area contributed by atoms with Gasteiger partial charge in [-0.15, -0.1) is 0 Å². The third-order valence-electron chi connectivity index (χ3n) is 5.35. The maximum absolute atomic E-state index is 14.4. The molecule has 4 rings (SSSR count). The first-order chi connectivity index (χ1) is 11.7. The molecule has 0 bridgehead atoms. The van der Waals surface area contributed by atoms with Crippen LogP contribution < -0.4 is 5.32 Å². The third kappa shape index (κ3) is 2.81. The van der Waals surface area contributed by atoms with Crippen LogP contribution in [-0.2, 0) is 6.42 Å². The monoisotopic (exact) mass is 328 g/mol. The van der Waals surface area contributed by atoms with Crippen LogP contribution in [0.2, 0.25) is 0 Å². The number of para-hydroxylation sites is 1. The fraction of sp³-hybridized carbons (Fsp3) is 0.526. The van der Waals surface area contributed by atoms with E-state index in [1.165, 1.54) is 23.7 Å². The summed E-state index contributed by atoms with van der Waals surface area (Å²) < 4.78 is 16.2. The normalized spacial score (nSPS) is 19.6. The lowest BCUT2D eigenvalue weighted by Crippen LogP contribution is -2.29. The molecule has 0 aliphatic carbocycles. The van der Waals surface area contributed by atoms with Gasteiger partial charge in [-0.3, -0.25) is 0 Å². The average molecular weight is 328 g/mol. The first-order valence-corrected chi connectivity index (χ1v) is 9.03. The van der Waals surface area contributed by atoms with E-state index in [1.54, 1.807) is 6.07 Å². The van der Waals surface area contributed by atoms with Crippen LogP contribution in [0.5, 0.6) is 0 Å². The molecule has 0 atom stereocenters. The summed E-state index contributed by atoms with van der Waals surface area (Å²) >= 11 is 0. The lowest BCUT2D eigenvalue weighted by atomic mass is 9.90. The molecule has 2 aromatic rings. The van der Waals surface area contributed by atoms with Gasteiger partial charge in [0.1, 0.15) is 17.3 Å². The Morgan fingerprint density at radius 1 is 1.17 bits per heavy atom. The molecule has 0 saturated carbocycles. The minimum absolute atomic E-state index is 0.219. The van der Waals surface area contributed by atoms with E-state index in [0.29, 0.717) is 11.6 Å². The van der Waals surface area contributed by atoms with Gasteiger partial charge in [0, 0.05) is 18.0 Å². The number of nitrogens with one attached hydrogen (secondary N) is 1. The van der Waals surface area contributed by atoms with Gasteiger partial charge in [0.2, 0.25) is 0 Å². The number of piperidine rings is 1. The van der Waals surface area contributed by atoms with E-state index in [4.69, 9.17) is 5.10 Å². The van der Waals surface area contributed by atoms with Gasteiger partial charge in [0.25, 0.3) is 0 Å². The second kappa shape index (κ2) is 6.55. The molecule has 0 amide bonds. The number of aromatic nitrogens is 2. The van der Waals surface area contributed by atoms with Crippen molar-refractivity contribution in [2.24, 2.45) is 0 Å². The summed E-state index contributed by atoms with van der Waals surface area (Å²) in [4.78, 5) is 2.38. The van der Waals surface area contributed by atoms with E-state index in [0.717, 1.165) is 51.1 Å². The minimum atomic E-state index is -0.219. The number of hydrogen-bond acceptors (Lipinski definition) is 3. The van der Waals surface area contributed by atoms with Crippen molar-refractivity contribution in [3.05, 3.63) is 41.3 Å². The maximum atomic E-state index is 14.4. The van der Waals surface area contributed by atoms with Crippen molar-refractivity contribution in [2.75, 3.05) is 32.0 Å². The van der Waals surface area contributed by atoms with Crippen molar-refractivity contribution in [3.8, 4) is 5.69 Å². The van der Waals surface area contributed by atoms with Gasteiger partial charge < -0.3 is 10.2 Å². The second-order valence-corrected chi connectivity index (χ2v) is 7.04. The van der Waals surface area contributed by atoms with E-state index in [9.17, 15) is 4.39 Å². The highest BCUT2D eigenvalue weighted by atomic mass is 19.1. The summed E-state index contributed by atoms with van der Waals surface area (Å²) in [6, 6.07) is 6.92. The molecule has 0 unspecified atom stereocenters. The third-order valence-corrected chi connectivity index (χ3v) is 5.35. The van der Waals surface area contributed by atoms with Gasteiger partial charge in [0.05, 0.1) is 5.69 Å². The summed E-state index contributed by atoms with van der Waals surface area (Å²) in [5.41, 5.74) is 3.04. The van der Waals surface area contributed by atoms with Crippen LogP contribution in [0, 0.1) is 5.82 Å². The minimum Gasteiger partial charge on any atom is -0.370 e. The van der Waals surface area contributed by atoms with E-state index >= 15 is 0 Å². The highest BCUT2D eigenvalue weighted by molar-refractivity contribution is 5.55. The Bertz CT molecular complexity index is 716. The molecule has 0 radical (unpaired) electrons. The van der Waals surface area contributed by atoms with Gasteiger partial charge in [-0.05, 0) is 64.4 Å². The number of benzene rings is 1. The SMILES string of the molecule is CN1CCC(c2nn(-c3ccccc3F)c3c2CCCCN3)CC1. The van der Waals surface area contributed by atoms with Crippen LogP contribution in [-0.4, -0.2) is 41.4 Å². The number of nitrogens with zero attached hydrogens (tertiary/aromatic N) is 3. The van der Waals surface area contributed by atoms with Gasteiger partial charge in [-0.25, -0.2) is 9.07 Å². The Hall–Kier alpha value is -1.88. The van der Waals surface area contributed by atoms with Crippen LogP contribution in [0.1, 0.15) is 42.9 Å². The molecule has 5 heteroatoms. The van der Waals surface area contributed by atoms with E-state index < -0.39 is 0 Å². The summed E-state index contributed by atoms with van der Waals surface area (Å²) in [6.07, 6.45) is 5.63. The number of halogens is 1. The van der Waals surface area contributed by atoms with Crippen LogP contribution in [0.3, 0.4) is 0 Å². The first-order valence-electron chi connectivity index (χ1n) is 9.03. The van der Waals surface area contributed by atoms with Crippen molar-refractivity contribution >= 4 is 5.82 Å². The molecule has 1 aromatic carbocycles. The summed E-state index contributed by atoms with van der Waals surface area (Å²) in [5.74, 6) is 1.28. The quantitative estimate of drug-likeness (QED) is 0.915. The van der Waals surface area contributed by atoms with Gasteiger partial charge >= 0.3 is 0 Å². The summed E-state index contributed by atoms with van der Waals surface area (Å²) in [7, 11) is 2.18. The number of rotatable bonds is 2. The zero-order chi connectivity index (χ0) is 16.5. The van der Waals surface area contributed by atoms with E-state index in [2.05, 4.69) is 17.3 Å². The Balaban J connectivity index is 1.79. The topological polar surface area (TPSA) is 33.1 Å². The molecule has 3 heterocycles. The summed E-state index contributed by atoms with van der Waals surface area (Å²) in [6.45, 7) is 3.15. The molecular weight excluding hydrogens is 303 g/mol. The van der Waals surface area contributed by atoms with Gasteiger partial charge in [-0.2, -0.15) is 5.10 Å². The highest BCUT2D eigenvalue weighted by Gasteiger charge is 2.28. The highest BCUT2D eigenvalue weighted by Crippen LogP contribution is 2.36. The average Bonchev–Trinajstić information content (AvgIpc) is 2.78. The second-order valence-electron chi connectivity index (χ2n) is 7.04. The molecule has 4 nitrogen and oxygen atoms in total. The molecular formula is C19H25FN4. The molecule has 1 saturated heterocycles. The van der Waals surface area contributed by atoms with E-state index in [1.807, 2.05) is 16.8 Å². The smallest absolute Gasteiger partial charge is 0.148 e. The number of likely N-dealkylation sites (tertiary alicyclic amines) is 1. The van der Waals surface area contributed by atoms with Gasteiger partial charge in [-0.1, -0.05) is 12.1 Å². The first kappa shape index (κ1) is 15.6. The molecule has 128 valence electrons. The van der Waals surface area contributed by atoms with E-state index in [-0.39, 0.29) is 5.82 Å². The molecule has 0 spiro atoms. The Morgan fingerprint density at radius 2 is 1.96 bits per heavy atom. The van der Waals surface area contributed by atoms with Crippen LogP contribution in [0.15, 0.2) is 24.3 Å². The zero-order valence-corrected chi connectivity index (χ0v) is 14.3. The fourth-order valence-corrected chi connectivity index (χ4v) is 3.94. The largest absolute Gasteiger partial charge is 0.370 e. The number of fused-ring (bicyclic) bond motifs is 1. The molecule has 1 aromatic heterocycles. The van der Waals surface area contributed by atoms with Gasteiger partial charge in [0.15, 0.2) is 0 Å². The Kier molecular flexibility index (Phi) is 4.27. The van der Waals surface area contributed by atoms with Crippen LogP contribution in [0.25, 0.3) is 5.69 Å². The lowest BCUT2D eigenvalue weighted by Gasteiger charge is -2.28. The standard InChI is InChI=1S/C19H25FN4/c1-23-12-9-14(10-13-23)18-15-6-4-5-11-21-19(15)24(22-18)17-8-3-2-7-16(17)20/h2-3,7-8,14,21H,4-6,9-13H2,1H3. The fourth-order valence-electron chi connectivity index (χ4n) is 3.94. The molecule has 24 heavy (non-hydrogen) atoms. The van der Waals surface area contributed by atoms with Crippen molar-refractivity contribution < 1.29 is 4.39 Å². The molecule has 2 aliphatic heterocycles. The van der Waals surface area contributed by atoms with Crippen LogP contribution in [0.4, 0.5) is 10.2 Å². The number of anilines is 1.